The summed E-state index contributed by atoms with van der Waals surface area (Å²) in [4.78, 5) is 20.5. The smallest absolute Gasteiger partial charge is 0.384 e. The molecule has 12 heavy (non-hydrogen) atoms. The van der Waals surface area contributed by atoms with E-state index in [2.05, 4.69) is 4.74 Å². The summed E-state index contributed by atoms with van der Waals surface area (Å²) in [6, 6.07) is 0. The van der Waals surface area contributed by atoms with Gasteiger partial charge in [0.25, 0.3) is 0 Å². The van der Waals surface area contributed by atoms with Crippen LogP contribution in [-0.4, -0.2) is 24.0 Å². The molecule has 0 bridgehead atoms. The second-order valence-corrected chi connectivity index (χ2v) is 2.21. The standard InChI is InChI=1S/C6H7F3O3/c1-3(7)4(10)12-5(11)6(2,8)9/h3H,1-2H3. The van der Waals surface area contributed by atoms with Gasteiger partial charge in [-0.25, -0.2) is 14.0 Å². The number of halogens is 3. The number of rotatable bonds is 2. The summed E-state index contributed by atoms with van der Waals surface area (Å²) in [7, 11) is 0. The fourth-order valence-corrected chi connectivity index (χ4v) is 0.262. The predicted octanol–water partition coefficient (Wildman–Crippen LogP) is 1.07. The van der Waals surface area contributed by atoms with Crippen LogP contribution in [0, 0.1) is 0 Å². The molecule has 0 aliphatic rings. The Hall–Kier alpha value is -1.07. The lowest BCUT2D eigenvalue weighted by atomic mass is 10.4. The Bertz CT molecular complexity index is 195. The normalized spacial score (nSPS) is 13.8. The van der Waals surface area contributed by atoms with Gasteiger partial charge in [-0.1, -0.05) is 0 Å². The molecule has 70 valence electrons. The van der Waals surface area contributed by atoms with Crippen LogP contribution in [-0.2, 0) is 14.3 Å². The van der Waals surface area contributed by atoms with Gasteiger partial charge < -0.3 is 4.74 Å². The summed E-state index contributed by atoms with van der Waals surface area (Å²) in [5.41, 5.74) is 0. The number of carbonyl (C=O) groups is 2. The van der Waals surface area contributed by atoms with E-state index in [0.717, 1.165) is 6.92 Å². The molecule has 6 heteroatoms. The van der Waals surface area contributed by atoms with Crippen molar-refractivity contribution in [2.45, 2.75) is 25.9 Å². The molecule has 0 heterocycles. The summed E-state index contributed by atoms with van der Waals surface area (Å²) in [6.45, 7) is 1.04. The van der Waals surface area contributed by atoms with E-state index >= 15 is 0 Å². The highest BCUT2D eigenvalue weighted by Gasteiger charge is 2.36. The van der Waals surface area contributed by atoms with E-state index in [1.165, 1.54) is 0 Å². The second kappa shape index (κ2) is 3.55. The van der Waals surface area contributed by atoms with E-state index in [1.807, 2.05) is 0 Å². The minimum Gasteiger partial charge on any atom is -0.386 e. The maximum Gasteiger partial charge on any atom is 0.384 e. The number of esters is 2. The molecule has 0 aliphatic carbocycles. The van der Waals surface area contributed by atoms with Crippen LogP contribution in [0.1, 0.15) is 13.8 Å². The van der Waals surface area contributed by atoms with Crippen molar-refractivity contribution in [3.63, 3.8) is 0 Å². The van der Waals surface area contributed by atoms with Gasteiger partial charge in [0.15, 0.2) is 6.17 Å². The summed E-state index contributed by atoms with van der Waals surface area (Å²) in [5, 5.41) is 0. The van der Waals surface area contributed by atoms with Crippen molar-refractivity contribution in [3.05, 3.63) is 0 Å². The average molecular weight is 184 g/mol. The van der Waals surface area contributed by atoms with Crippen molar-refractivity contribution in [2.75, 3.05) is 0 Å². The minimum atomic E-state index is -3.77. The van der Waals surface area contributed by atoms with Crippen LogP contribution in [0.25, 0.3) is 0 Å². The molecule has 0 aromatic rings. The molecule has 0 rings (SSSR count). The van der Waals surface area contributed by atoms with Crippen molar-refractivity contribution < 1.29 is 27.5 Å². The van der Waals surface area contributed by atoms with E-state index in [9.17, 15) is 22.8 Å². The third kappa shape index (κ3) is 3.36. The zero-order valence-electron chi connectivity index (χ0n) is 6.44. The van der Waals surface area contributed by atoms with Crippen LogP contribution in [0.15, 0.2) is 0 Å². The van der Waals surface area contributed by atoms with Crippen LogP contribution < -0.4 is 0 Å². The van der Waals surface area contributed by atoms with Gasteiger partial charge >= 0.3 is 17.9 Å². The molecular weight excluding hydrogens is 177 g/mol. The van der Waals surface area contributed by atoms with E-state index < -0.39 is 24.0 Å². The Morgan fingerprint density at radius 1 is 1.42 bits per heavy atom. The van der Waals surface area contributed by atoms with Gasteiger partial charge in [-0.15, -0.1) is 0 Å². The SMILES string of the molecule is CC(F)C(=O)OC(=O)C(C)(F)F. The average Bonchev–Trinajstić information content (AvgIpc) is 1.85. The van der Waals surface area contributed by atoms with Crippen LogP contribution in [0.2, 0.25) is 0 Å². The van der Waals surface area contributed by atoms with Crippen LogP contribution in [0.3, 0.4) is 0 Å². The highest BCUT2D eigenvalue weighted by atomic mass is 19.3. The second-order valence-electron chi connectivity index (χ2n) is 2.21. The monoisotopic (exact) mass is 184 g/mol. The lowest BCUT2D eigenvalue weighted by Crippen LogP contribution is -2.31. The van der Waals surface area contributed by atoms with Gasteiger partial charge in [0.2, 0.25) is 0 Å². The largest absolute Gasteiger partial charge is 0.386 e. The van der Waals surface area contributed by atoms with Crippen LogP contribution in [0.4, 0.5) is 13.2 Å². The highest BCUT2D eigenvalue weighted by molar-refractivity contribution is 5.90. The fraction of sp³-hybridized carbons (Fsp3) is 0.667. The van der Waals surface area contributed by atoms with Crippen LogP contribution >= 0.6 is 0 Å². The third-order valence-electron chi connectivity index (χ3n) is 0.877. The number of alkyl halides is 3. The van der Waals surface area contributed by atoms with Crippen molar-refractivity contribution in [1.29, 1.82) is 0 Å². The first-order valence-corrected chi connectivity index (χ1v) is 3.03. The topological polar surface area (TPSA) is 43.4 Å². The number of hydrogen-bond acceptors (Lipinski definition) is 3. The first-order chi connectivity index (χ1) is 5.25. The third-order valence-corrected chi connectivity index (χ3v) is 0.877. The zero-order valence-corrected chi connectivity index (χ0v) is 6.44. The number of ether oxygens (including phenoxy) is 1. The molecule has 1 unspecified atom stereocenters. The molecule has 1 atom stereocenters. The first-order valence-electron chi connectivity index (χ1n) is 3.03. The van der Waals surface area contributed by atoms with Gasteiger partial charge in [-0.3, -0.25) is 0 Å². The van der Waals surface area contributed by atoms with Crippen LogP contribution in [0.5, 0.6) is 0 Å². The number of carbonyl (C=O) groups excluding carboxylic acids is 2. The molecule has 0 radical (unpaired) electrons. The molecule has 0 saturated heterocycles. The molecule has 0 saturated carbocycles. The molecule has 0 aromatic heterocycles. The van der Waals surface area contributed by atoms with Gasteiger partial charge in [0, 0.05) is 6.92 Å². The van der Waals surface area contributed by atoms with E-state index in [4.69, 9.17) is 0 Å². The zero-order chi connectivity index (χ0) is 9.94. The maximum atomic E-state index is 12.0. The Labute approximate surface area is 66.5 Å². The van der Waals surface area contributed by atoms with Crippen molar-refractivity contribution in [1.82, 2.24) is 0 Å². The number of hydrogen-bond donors (Lipinski definition) is 0. The first kappa shape index (κ1) is 10.9. The quantitative estimate of drug-likeness (QED) is 0.476. The molecule has 0 aliphatic heterocycles. The van der Waals surface area contributed by atoms with Gasteiger partial charge in [-0.2, -0.15) is 8.78 Å². The minimum absolute atomic E-state index is 0.255. The van der Waals surface area contributed by atoms with E-state index in [-0.39, 0.29) is 6.92 Å². The molecule has 0 spiro atoms. The van der Waals surface area contributed by atoms with Crippen molar-refractivity contribution in [3.8, 4) is 0 Å². The van der Waals surface area contributed by atoms with Gasteiger partial charge in [0.05, 0.1) is 0 Å². The molecule has 0 N–H and O–H groups in total. The Balaban J connectivity index is 4.12. The maximum absolute atomic E-state index is 12.0. The lowest BCUT2D eigenvalue weighted by molar-refractivity contribution is -0.179. The molecule has 0 aromatic carbocycles. The summed E-state index contributed by atoms with van der Waals surface area (Å²) >= 11 is 0. The van der Waals surface area contributed by atoms with Crippen molar-refractivity contribution >= 4 is 11.9 Å². The Kier molecular flexibility index (Phi) is 3.24. The summed E-state index contributed by atoms with van der Waals surface area (Å²) in [5.74, 6) is -7.43. The summed E-state index contributed by atoms with van der Waals surface area (Å²) in [6.07, 6.45) is -2.09. The molecule has 3 nitrogen and oxygen atoms in total. The molecular formula is C6H7F3O3. The Morgan fingerprint density at radius 2 is 1.83 bits per heavy atom. The van der Waals surface area contributed by atoms with Crippen molar-refractivity contribution in [2.24, 2.45) is 0 Å². The molecule has 0 fully saturated rings. The summed E-state index contributed by atoms with van der Waals surface area (Å²) < 4.78 is 39.4. The van der Waals surface area contributed by atoms with E-state index in [1.54, 1.807) is 0 Å². The fourth-order valence-electron chi connectivity index (χ4n) is 0.262. The predicted molar refractivity (Wildman–Crippen MR) is 32.3 cm³/mol. The van der Waals surface area contributed by atoms with E-state index in [0.29, 0.717) is 0 Å². The highest BCUT2D eigenvalue weighted by Crippen LogP contribution is 2.14. The molecule has 0 amide bonds. The van der Waals surface area contributed by atoms with Gasteiger partial charge in [0.1, 0.15) is 0 Å². The Morgan fingerprint density at radius 3 is 2.08 bits per heavy atom. The lowest BCUT2D eigenvalue weighted by Gasteiger charge is -2.08. The van der Waals surface area contributed by atoms with Gasteiger partial charge in [-0.05, 0) is 6.92 Å².